The fourth-order valence-electron chi connectivity index (χ4n) is 1.86. The Hall–Kier alpha value is -2.85. The first-order valence-corrected chi connectivity index (χ1v) is 7.77. The van der Waals surface area contributed by atoms with E-state index in [2.05, 4.69) is 32.6 Å². The zero-order chi connectivity index (χ0) is 17.2. The number of nitrogens with one attached hydrogen (secondary N) is 2. The standard InChI is InChI=1S/C17H21N5O2/c1-3-10-24-11-9-19-17(23)20-16-12-15(22(2)21-16)7-6-14-5-4-8-18-13-14/h4-5,8,12-13H,3,9-11H2,1-2H3,(H2,19,20,21,23). The second-order valence-corrected chi connectivity index (χ2v) is 5.02. The fourth-order valence-corrected chi connectivity index (χ4v) is 1.86. The van der Waals surface area contributed by atoms with Crippen molar-refractivity contribution >= 4 is 11.8 Å². The summed E-state index contributed by atoms with van der Waals surface area (Å²) in [7, 11) is 1.77. The largest absolute Gasteiger partial charge is 0.380 e. The predicted octanol–water partition coefficient (Wildman–Crippen LogP) is 1.76. The molecule has 0 aliphatic carbocycles. The van der Waals surface area contributed by atoms with Gasteiger partial charge in [-0.05, 0) is 24.5 Å². The summed E-state index contributed by atoms with van der Waals surface area (Å²) < 4.78 is 6.91. The molecule has 24 heavy (non-hydrogen) atoms. The van der Waals surface area contributed by atoms with Gasteiger partial charge in [0.15, 0.2) is 5.82 Å². The number of aryl methyl sites for hydroxylation is 1. The van der Waals surface area contributed by atoms with Crippen LogP contribution >= 0.6 is 0 Å². The van der Waals surface area contributed by atoms with E-state index in [9.17, 15) is 4.79 Å². The maximum absolute atomic E-state index is 11.8. The lowest BCUT2D eigenvalue weighted by molar-refractivity contribution is 0.137. The lowest BCUT2D eigenvalue weighted by atomic mass is 10.3. The van der Waals surface area contributed by atoms with E-state index in [1.54, 1.807) is 30.2 Å². The number of carbonyl (C=O) groups is 1. The van der Waals surface area contributed by atoms with Gasteiger partial charge in [-0.25, -0.2) is 4.79 Å². The monoisotopic (exact) mass is 327 g/mol. The molecule has 0 saturated heterocycles. The van der Waals surface area contributed by atoms with Crippen molar-refractivity contribution in [1.29, 1.82) is 0 Å². The first-order chi connectivity index (χ1) is 11.7. The van der Waals surface area contributed by atoms with E-state index in [1.807, 2.05) is 19.1 Å². The lowest BCUT2D eigenvalue weighted by Crippen LogP contribution is -2.31. The number of carbonyl (C=O) groups excluding carboxylic acids is 1. The summed E-state index contributed by atoms with van der Waals surface area (Å²) in [5.74, 6) is 6.46. The Kier molecular flexibility index (Phi) is 6.80. The van der Waals surface area contributed by atoms with Crippen LogP contribution in [-0.4, -0.2) is 40.6 Å². The molecule has 7 heteroatoms. The van der Waals surface area contributed by atoms with Gasteiger partial charge in [-0.15, -0.1) is 0 Å². The van der Waals surface area contributed by atoms with Gasteiger partial charge in [0.2, 0.25) is 0 Å². The van der Waals surface area contributed by atoms with Crippen molar-refractivity contribution in [2.24, 2.45) is 7.05 Å². The fraction of sp³-hybridized carbons (Fsp3) is 0.353. The van der Waals surface area contributed by atoms with Crippen LogP contribution in [0.5, 0.6) is 0 Å². The molecule has 0 aliphatic heterocycles. The number of hydrogen-bond donors (Lipinski definition) is 2. The molecule has 0 fully saturated rings. The summed E-state index contributed by atoms with van der Waals surface area (Å²) >= 11 is 0. The normalized spacial score (nSPS) is 9.92. The van der Waals surface area contributed by atoms with Crippen molar-refractivity contribution in [3.8, 4) is 11.8 Å². The highest BCUT2D eigenvalue weighted by Gasteiger charge is 2.06. The topological polar surface area (TPSA) is 81.1 Å². The van der Waals surface area contributed by atoms with Gasteiger partial charge in [0.05, 0.1) is 6.61 Å². The van der Waals surface area contributed by atoms with Crippen LogP contribution < -0.4 is 10.6 Å². The second kappa shape index (κ2) is 9.33. The zero-order valence-electron chi connectivity index (χ0n) is 13.9. The van der Waals surface area contributed by atoms with Crippen molar-refractivity contribution in [2.75, 3.05) is 25.1 Å². The molecule has 0 unspecified atom stereocenters. The second-order valence-electron chi connectivity index (χ2n) is 5.02. The van der Waals surface area contributed by atoms with Gasteiger partial charge in [-0.1, -0.05) is 12.8 Å². The van der Waals surface area contributed by atoms with Crippen molar-refractivity contribution in [3.63, 3.8) is 0 Å². The Bertz CT molecular complexity index is 716. The van der Waals surface area contributed by atoms with Crippen LogP contribution in [0, 0.1) is 11.8 Å². The summed E-state index contributed by atoms with van der Waals surface area (Å²) in [5.41, 5.74) is 1.51. The van der Waals surface area contributed by atoms with E-state index in [0.29, 0.717) is 31.3 Å². The zero-order valence-corrected chi connectivity index (χ0v) is 13.9. The summed E-state index contributed by atoms with van der Waals surface area (Å²) in [4.78, 5) is 15.8. The van der Waals surface area contributed by atoms with Crippen LogP contribution in [0.15, 0.2) is 30.6 Å². The van der Waals surface area contributed by atoms with E-state index in [4.69, 9.17) is 4.74 Å². The quantitative estimate of drug-likeness (QED) is 0.626. The highest BCUT2D eigenvalue weighted by molar-refractivity contribution is 5.88. The highest BCUT2D eigenvalue weighted by Crippen LogP contribution is 2.07. The Morgan fingerprint density at radius 2 is 2.25 bits per heavy atom. The minimum Gasteiger partial charge on any atom is -0.380 e. The van der Waals surface area contributed by atoms with Crippen LogP contribution in [0.25, 0.3) is 0 Å². The molecule has 0 saturated carbocycles. The Labute approximate surface area is 141 Å². The first kappa shape index (κ1) is 17.5. The van der Waals surface area contributed by atoms with Crippen molar-refractivity contribution < 1.29 is 9.53 Å². The third-order valence-electron chi connectivity index (χ3n) is 3.00. The number of aromatic nitrogens is 3. The third kappa shape index (κ3) is 5.74. The van der Waals surface area contributed by atoms with Crippen LogP contribution in [-0.2, 0) is 11.8 Å². The van der Waals surface area contributed by atoms with Crippen molar-refractivity contribution in [3.05, 3.63) is 41.9 Å². The van der Waals surface area contributed by atoms with Crippen molar-refractivity contribution in [2.45, 2.75) is 13.3 Å². The molecule has 0 atom stereocenters. The van der Waals surface area contributed by atoms with Gasteiger partial charge in [0, 0.05) is 44.2 Å². The number of hydrogen-bond acceptors (Lipinski definition) is 4. The summed E-state index contributed by atoms with van der Waals surface area (Å²) in [6, 6.07) is 5.11. The molecule has 2 rings (SSSR count). The Morgan fingerprint density at radius 3 is 3.00 bits per heavy atom. The Balaban J connectivity index is 1.87. The van der Waals surface area contributed by atoms with Crippen LogP contribution in [0.4, 0.5) is 10.6 Å². The van der Waals surface area contributed by atoms with Gasteiger partial charge >= 0.3 is 6.03 Å². The lowest BCUT2D eigenvalue weighted by Gasteiger charge is -2.05. The van der Waals surface area contributed by atoms with Gasteiger partial charge < -0.3 is 10.1 Å². The minimum absolute atomic E-state index is 0.319. The van der Waals surface area contributed by atoms with E-state index in [0.717, 1.165) is 12.0 Å². The predicted molar refractivity (Wildman–Crippen MR) is 91.6 cm³/mol. The van der Waals surface area contributed by atoms with E-state index < -0.39 is 0 Å². The SMILES string of the molecule is CCCOCCNC(=O)Nc1cc(C#Cc2cccnc2)n(C)n1. The molecule has 0 aromatic carbocycles. The molecule has 2 heterocycles. The first-order valence-electron chi connectivity index (χ1n) is 7.77. The molecule has 126 valence electrons. The molecule has 2 amide bonds. The molecule has 0 radical (unpaired) electrons. The van der Waals surface area contributed by atoms with E-state index in [-0.39, 0.29) is 6.03 Å². The van der Waals surface area contributed by atoms with Crippen molar-refractivity contribution in [1.82, 2.24) is 20.1 Å². The molecule has 2 aromatic heterocycles. The smallest absolute Gasteiger partial charge is 0.320 e. The number of urea groups is 1. The van der Waals surface area contributed by atoms with Crippen LogP contribution in [0.2, 0.25) is 0 Å². The molecule has 2 N–H and O–H groups in total. The molecular formula is C17H21N5O2. The Morgan fingerprint density at radius 1 is 1.38 bits per heavy atom. The van der Waals surface area contributed by atoms with E-state index >= 15 is 0 Å². The summed E-state index contributed by atoms with van der Waals surface area (Å²) in [6.07, 6.45) is 4.35. The average molecular weight is 327 g/mol. The maximum Gasteiger partial charge on any atom is 0.320 e. The van der Waals surface area contributed by atoms with Gasteiger partial charge in [-0.2, -0.15) is 5.10 Å². The van der Waals surface area contributed by atoms with Crippen LogP contribution in [0.1, 0.15) is 24.6 Å². The van der Waals surface area contributed by atoms with E-state index in [1.165, 1.54) is 0 Å². The molecule has 0 bridgehead atoms. The average Bonchev–Trinajstić information content (AvgIpc) is 2.93. The minimum atomic E-state index is -0.319. The molecular weight excluding hydrogens is 306 g/mol. The summed E-state index contributed by atoms with van der Waals surface area (Å²) in [6.45, 7) is 3.68. The molecule has 0 spiro atoms. The molecule has 2 aromatic rings. The van der Waals surface area contributed by atoms with Gasteiger partial charge in [-0.3, -0.25) is 15.0 Å². The van der Waals surface area contributed by atoms with Crippen LogP contribution in [0.3, 0.4) is 0 Å². The van der Waals surface area contributed by atoms with Gasteiger partial charge in [0.25, 0.3) is 0 Å². The number of nitrogens with zero attached hydrogens (tertiary/aromatic N) is 3. The number of ether oxygens (including phenoxy) is 1. The van der Waals surface area contributed by atoms with Gasteiger partial charge in [0.1, 0.15) is 5.69 Å². The third-order valence-corrected chi connectivity index (χ3v) is 3.00. The number of pyridine rings is 1. The summed E-state index contributed by atoms with van der Waals surface area (Å²) in [5, 5.41) is 9.60. The highest BCUT2D eigenvalue weighted by atomic mass is 16.5. The number of rotatable bonds is 6. The number of amides is 2. The molecule has 0 aliphatic rings. The maximum atomic E-state index is 11.8. The number of anilines is 1. The molecule has 7 nitrogen and oxygen atoms in total.